The summed E-state index contributed by atoms with van der Waals surface area (Å²) in [6.07, 6.45) is 3.37. The van der Waals surface area contributed by atoms with Gasteiger partial charge in [0.05, 0.1) is 19.3 Å². The van der Waals surface area contributed by atoms with E-state index in [2.05, 4.69) is 11.6 Å². The van der Waals surface area contributed by atoms with Crippen molar-refractivity contribution in [1.82, 2.24) is 9.88 Å². The van der Waals surface area contributed by atoms with Crippen molar-refractivity contribution in [2.75, 3.05) is 20.2 Å². The summed E-state index contributed by atoms with van der Waals surface area (Å²) in [5.41, 5.74) is 2.13. The van der Waals surface area contributed by atoms with Crippen molar-refractivity contribution in [3.05, 3.63) is 36.0 Å². The number of hydrogen-bond acceptors (Lipinski definition) is 4. The van der Waals surface area contributed by atoms with Crippen molar-refractivity contribution in [3.63, 3.8) is 0 Å². The van der Waals surface area contributed by atoms with Gasteiger partial charge < -0.3 is 14.4 Å². The summed E-state index contributed by atoms with van der Waals surface area (Å²) >= 11 is 0. The van der Waals surface area contributed by atoms with Crippen molar-refractivity contribution in [2.45, 2.75) is 26.4 Å². The first-order valence-corrected chi connectivity index (χ1v) is 7.19. The van der Waals surface area contributed by atoms with Gasteiger partial charge in [0.2, 0.25) is 5.88 Å². The molecule has 118 valence electrons. The van der Waals surface area contributed by atoms with E-state index in [1.54, 1.807) is 18.1 Å². The van der Waals surface area contributed by atoms with E-state index in [9.17, 15) is 4.79 Å². The topological polar surface area (TPSA) is 51.7 Å². The van der Waals surface area contributed by atoms with Crippen LogP contribution in [0.25, 0.3) is 11.6 Å². The van der Waals surface area contributed by atoms with E-state index in [0.717, 1.165) is 16.8 Å². The molecule has 0 radical (unpaired) electrons. The molecule has 0 saturated carbocycles. The molecule has 1 amide bonds. The largest absolute Gasteiger partial charge is 0.481 e. The lowest BCUT2D eigenvalue weighted by Gasteiger charge is -2.24. The van der Waals surface area contributed by atoms with Crippen LogP contribution in [0.2, 0.25) is 0 Å². The number of hydrogen-bond donors (Lipinski definition) is 0. The molecule has 2 heterocycles. The Morgan fingerprint density at radius 1 is 1.41 bits per heavy atom. The van der Waals surface area contributed by atoms with Gasteiger partial charge in [-0.25, -0.2) is 9.78 Å². The van der Waals surface area contributed by atoms with E-state index in [-0.39, 0.29) is 6.09 Å². The summed E-state index contributed by atoms with van der Waals surface area (Å²) < 4.78 is 10.6. The Morgan fingerprint density at radius 2 is 2.14 bits per heavy atom. The van der Waals surface area contributed by atoms with E-state index in [0.29, 0.717) is 19.0 Å². The Balaban J connectivity index is 2.10. The van der Waals surface area contributed by atoms with E-state index in [4.69, 9.17) is 9.47 Å². The number of pyridine rings is 1. The number of nitrogens with zero attached hydrogens (tertiary/aromatic N) is 2. The maximum Gasteiger partial charge on any atom is 0.410 e. The van der Waals surface area contributed by atoms with Crippen LogP contribution in [0.3, 0.4) is 0 Å². The fourth-order valence-electron chi connectivity index (χ4n) is 2.16. The number of amides is 1. The van der Waals surface area contributed by atoms with E-state index in [1.807, 2.05) is 39.0 Å². The minimum atomic E-state index is -0.493. The van der Waals surface area contributed by atoms with Crippen molar-refractivity contribution in [3.8, 4) is 5.88 Å². The molecule has 1 aromatic heterocycles. The molecular weight excluding hydrogens is 280 g/mol. The van der Waals surface area contributed by atoms with Crippen molar-refractivity contribution in [2.24, 2.45) is 0 Å². The Kier molecular flexibility index (Phi) is 4.54. The van der Waals surface area contributed by atoms with Gasteiger partial charge in [-0.2, -0.15) is 0 Å². The minimum absolute atomic E-state index is 0.312. The second-order valence-electron chi connectivity index (χ2n) is 6.09. The third-order valence-corrected chi connectivity index (χ3v) is 3.20. The highest BCUT2D eigenvalue weighted by molar-refractivity contribution is 5.77. The monoisotopic (exact) mass is 302 g/mol. The Labute approximate surface area is 131 Å². The molecular formula is C17H22N2O3. The van der Waals surface area contributed by atoms with E-state index < -0.39 is 5.60 Å². The van der Waals surface area contributed by atoms with Gasteiger partial charge in [0.25, 0.3) is 0 Å². The maximum absolute atomic E-state index is 12.1. The van der Waals surface area contributed by atoms with Crippen LogP contribution in [0.4, 0.5) is 4.79 Å². The van der Waals surface area contributed by atoms with Crippen LogP contribution in [0.15, 0.2) is 24.8 Å². The van der Waals surface area contributed by atoms with Gasteiger partial charge in [0.15, 0.2) is 0 Å². The van der Waals surface area contributed by atoms with Crippen LogP contribution >= 0.6 is 0 Å². The second-order valence-corrected chi connectivity index (χ2v) is 6.09. The lowest BCUT2D eigenvalue weighted by Crippen LogP contribution is -2.35. The first kappa shape index (κ1) is 16.1. The highest BCUT2D eigenvalue weighted by Gasteiger charge is 2.26. The highest BCUT2D eigenvalue weighted by Crippen LogP contribution is 2.25. The normalized spacial score (nSPS) is 14.5. The van der Waals surface area contributed by atoms with Crippen molar-refractivity contribution in [1.29, 1.82) is 0 Å². The molecule has 0 spiro atoms. The molecule has 0 bridgehead atoms. The molecule has 0 aliphatic carbocycles. The summed E-state index contributed by atoms with van der Waals surface area (Å²) in [5, 5.41) is 0. The summed E-state index contributed by atoms with van der Waals surface area (Å²) in [6, 6.07) is 3.81. The maximum atomic E-state index is 12.1. The SMILES string of the molecule is C=Cc1ccc(C2=CCN(C(=O)OC(C)(C)C)C2)nc1OC. The van der Waals surface area contributed by atoms with Gasteiger partial charge in [0, 0.05) is 12.1 Å². The number of ether oxygens (including phenoxy) is 2. The fraction of sp³-hybridized carbons (Fsp3) is 0.412. The van der Waals surface area contributed by atoms with Crippen LogP contribution in [0.5, 0.6) is 5.88 Å². The quantitative estimate of drug-likeness (QED) is 0.859. The molecule has 0 N–H and O–H groups in total. The molecule has 0 fully saturated rings. The second kappa shape index (κ2) is 6.22. The first-order valence-electron chi connectivity index (χ1n) is 7.19. The third-order valence-electron chi connectivity index (χ3n) is 3.20. The van der Waals surface area contributed by atoms with Crippen molar-refractivity contribution < 1.29 is 14.3 Å². The Hall–Kier alpha value is -2.30. The molecule has 22 heavy (non-hydrogen) atoms. The first-order chi connectivity index (χ1) is 10.3. The highest BCUT2D eigenvalue weighted by atomic mass is 16.6. The molecule has 1 aliphatic heterocycles. The van der Waals surface area contributed by atoms with Gasteiger partial charge in [-0.15, -0.1) is 0 Å². The minimum Gasteiger partial charge on any atom is -0.481 e. The third kappa shape index (κ3) is 3.67. The average Bonchev–Trinajstić information content (AvgIpc) is 2.94. The molecule has 0 aromatic carbocycles. The predicted molar refractivity (Wildman–Crippen MR) is 86.7 cm³/mol. The molecule has 2 rings (SSSR count). The van der Waals surface area contributed by atoms with Crippen LogP contribution < -0.4 is 4.74 Å². The zero-order chi connectivity index (χ0) is 16.3. The smallest absolute Gasteiger partial charge is 0.410 e. The van der Waals surface area contributed by atoms with Crippen LogP contribution in [0.1, 0.15) is 32.0 Å². The number of methoxy groups -OCH3 is 1. The number of rotatable bonds is 3. The molecule has 0 atom stereocenters. The number of carbonyl (C=O) groups is 1. The van der Waals surface area contributed by atoms with E-state index >= 15 is 0 Å². The molecule has 0 saturated heterocycles. The van der Waals surface area contributed by atoms with Crippen molar-refractivity contribution >= 4 is 17.7 Å². The predicted octanol–water partition coefficient (Wildman–Crippen LogP) is 3.37. The summed E-state index contributed by atoms with van der Waals surface area (Å²) in [7, 11) is 1.58. The number of aromatic nitrogens is 1. The van der Waals surface area contributed by atoms with Crippen LogP contribution in [-0.4, -0.2) is 41.8 Å². The summed E-state index contributed by atoms with van der Waals surface area (Å²) in [6.45, 7) is 10.3. The zero-order valence-electron chi connectivity index (χ0n) is 13.5. The molecule has 1 aliphatic rings. The molecule has 0 unspecified atom stereocenters. The van der Waals surface area contributed by atoms with Gasteiger partial charge in [-0.3, -0.25) is 0 Å². The van der Waals surface area contributed by atoms with Gasteiger partial charge >= 0.3 is 6.09 Å². The number of carbonyl (C=O) groups excluding carboxylic acids is 1. The molecule has 1 aromatic rings. The summed E-state index contributed by atoms with van der Waals surface area (Å²) in [5.74, 6) is 0.532. The molecule has 5 nitrogen and oxygen atoms in total. The average molecular weight is 302 g/mol. The van der Waals surface area contributed by atoms with Crippen LogP contribution in [0, 0.1) is 0 Å². The Morgan fingerprint density at radius 3 is 2.73 bits per heavy atom. The standard InChI is InChI=1S/C17H22N2O3/c1-6-12-7-8-14(18-15(12)21-5)13-9-10-19(11-13)16(20)22-17(2,3)4/h6-9H,1,10-11H2,2-5H3. The fourth-order valence-corrected chi connectivity index (χ4v) is 2.16. The lowest BCUT2D eigenvalue weighted by atomic mass is 10.1. The molecule has 5 heteroatoms. The Bertz CT molecular complexity index is 615. The zero-order valence-corrected chi connectivity index (χ0v) is 13.5. The van der Waals surface area contributed by atoms with Gasteiger partial charge in [-0.1, -0.05) is 18.7 Å². The summed E-state index contributed by atoms with van der Waals surface area (Å²) in [4.78, 5) is 18.2. The van der Waals surface area contributed by atoms with Gasteiger partial charge in [0.1, 0.15) is 5.60 Å². The van der Waals surface area contributed by atoms with Gasteiger partial charge in [-0.05, 0) is 38.5 Å². The van der Waals surface area contributed by atoms with Crippen LogP contribution in [-0.2, 0) is 4.74 Å². The van der Waals surface area contributed by atoms with E-state index in [1.165, 1.54) is 0 Å². The lowest BCUT2D eigenvalue weighted by molar-refractivity contribution is 0.0306.